The van der Waals surface area contributed by atoms with E-state index in [1.807, 2.05) is 12.2 Å². The fraction of sp³-hybridized carbons (Fsp3) is 0.707. The standard InChI is InChI=1S/C58H99O11P/c1-4-7-10-13-16-19-22-25-26-27-28-31-34-37-40-43-46-49-58(62)69-55(51-65-56(60)47-44-41-38-35-32-29-23-20-17-14-11-8-5-2)53-67-70(63,64)66-52-54(50-59)68-57(61)48-45-42-39-36-33-30-24-21-18-15-12-9-6-3/h8,11,16-17,19-21,24-26,29,32,38,41,54-55,59H,4-7,9-10,12-15,18,22-23,27-28,30-31,33-37,39-40,42-53H2,1-3H3,(H,63,64)/b11-8-,19-16-,20-17-,24-21-,26-25-,32-29-,41-38-. The Labute approximate surface area is 426 Å². The third-order valence-corrected chi connectivity index (χ3v) is 12.2. The largest absolute Gasteiger partial charge is 0.472 e. The van der Waals surface area contributed by atoms with Crippen LogP contribution in [0.15, 0.2) is 85.1 Å². The lowest BCUT2D eigenvalue weighted by Crippen LogP contribution is -2.30. The third kappa shape index (κ3) is 49.6. The van der Waals surface area contributed by atoms with E-state index in [9.17, 15) is 28.9 Å². The molecule has 0 rings (SSSR count). The lowest BCUT2D eigenvalue weighted by molar-refractivity contribution is -0.161. The van der Waals surface area contributed by atoms with Crippen LogP contribution >= 0.6 is 7.82 Å². The van der Waals surface area contributed by atoms with Crippen molar-refractivity contribution in [1.29, 1.82) is 0 Å². The number of aliphatic hydroxyl groups excluding tert-OH is 1. The van der Waals surface area contributed by atoms with Crippen LogP contribution in [0, 0.1) is 0 Å². The molecule has 2 N–H and O–H groups in total. The zero-order chi connectivity index (χ0) is 51.3. The highest BCUT2D eigenvalue weighted by molar-refractivity contribution is 7.47. The van der Waals surface area contributed by atoms with Crippen LogP contribution < -0.4 is 0 Å². The molecule has 0 saturated heterocycles. The van der Waals surface area contributed by atoms with E-state index in [2.05, 4.69) is 93.7 Å². The summed E-state index contributed by atoms with van der Waals surface area (Å²) in [6.45, 7) is 4.38. The van der Waals surface area contributed by atoms with Gasteiger partial charge in [-0.15, -0.1) is 0 Å². The monoisotopic (exact) mass is 1000 g/mol. The van der Waals surface area contributed by atoms with Gasteiger partial charge >= 0.3 is 25.7 Å². The molecule has 402 valence electrons. The van der Waals surface area contributed by atoms with Crippen molar-refractivity contribution in [3.63, 3.8) is 0 Å². The predicted molar refractivity (Wildman–Crippen MR) is 288 cm³/mol. The minimum absolute atomic E-state index is 0.101. The Morgan fingerprint density at radius 2 is 0.771 bits per heavy atom. The van der Waals surface area contributed by atoms with Crippen LogP contribution in [0.3, 0.4) is 0 Å². The molecule has 11 nitrogen and oxygen atoms in total. The molecule has 12 heteroatoms. The molecule has 3 atom stereocenters. The normalized spacial score (nSPS) is 14.1. The molecule has 0 aromatic rings. The minimum Gasteiger partial charge on any atom is -0.462 e. The van der Waals surface area contributed by atoms with Crippen molar-refractivity contribution in [3.05, 3.63) is 85.1 Å². The smallest absolute Gasteiger partial charge is 0.462 e. The number of rotatable bonds is 50. The molecule has 3 unspecified atom stereocenters. The van der Waals surface area contributed by atoms with Crippen LogP contribution in [0.5, 0.6) is 0 Å². The highest BCUT2D eigenvalue weighted by atomic mass is 31.2. The molecule has 0 aliphatic rings. The van der Waals surface area contributed by atoms with Crippen LogP contribution in [0.25, 0.3) is 0 Å². The number of hydrogen-bond acceptors (Lipinski definition) is 10. The van der Waals surface area contributed by atoms with Gasteiger partial charge in [0.2, 0.25) is 0 Å². The fourth-order valence-electron chi connectivity index (χ4n) is 7.10. The van der Waals surface area contributed by atoms with Crippen LogP contribution in [-0.4, -0.2) is 66.5 Å². The maximum Gasteiger partial charge on any atom is 0.472 e. The molecule has 0 radical (unpaired) electrons. The SMILES string of the molecule is CC/C=C\C/C=C\C/C=C\C/C=C\CCC(=O)OCC(COP(=O)(O)OCC(CO)OC(=O)CCCCCCC/C=C\CCCCCC)OC(=O)CCCCCCCCC/C=C\C/C=C\CCCCC. The summed E-state index contributed by atoms with van der Waals surface area (Å²) < 4.78 is 39.3. The Kier molecular flexibility index (Phi) is 49.5. The van der Waals surface area contributed by atoms with Gasteiger partial charge in [0.05, 0.1) is 19.8 Å². The highest BCUT2D eigenvalue weighted by Gasteiger charge is 2.28. The van der Waals surface area contributed by atoms with Crippen LogP contribution in [0.2, 0.25) is 0 Å². The Hall–Kier alpha value is -3.34. The van der Waals surface area contributed by atoms with Crippen molar-refractivity contribution in [3.8, 4) is 0 Å². The van der Waals surface area contributed by atoms with E-state index < -0.39 is 57.8 Å². The van der Waals surface area contributed by atoms with Crippen LogP contribution in [0.4, 0.5) is 0 Å². The third-order valence-electron chi connectivity index (χ3n) is 11.3. The van der Waals surface area contributed by atoms with Gasteiger partial charge in [-0.3, -0.25) is 23.4 Å². The van der Waals surface area contributed by atoms with E-state index in [0.717, 1.165) is 103 Å². The van der Waals surface area contributed by atoms with E-state index in [-0.39, 0.29) is 25.9 Å². The summed E-state index contributed by atoms with van der Waals surface area (Å²) in [6.07, 6.45) is 58.5. The molecular weight excluding hydrogens is 904 g/mol. The second kappa shape index (κ2) is 52.0. The molecule has 0 aliphatic heterocycles. The van der Waals surface area contributed by atoms with Crippen molar-refractivity contribution in [2.24, 2.45) is 0 Å². The van der Waals surface area contributed by atoms with Crippen molar-refractivity contribution in [1.82, 2.24) is 0 Å². The van der Waals surface area contributed by atoms with Gasteiger partial charge in [0.15, 0.2) is 6.10 Å². The molecule has 0 aromatic heterocycles. The Morgan fingerprint density at radius 1 is 0.414 bits per heavy atom. The topological polar surface area (TPSA) is 155 Å². The Balaban J connectivity index is 4.82. The summed E-state index contributed by atoms with van der Waals surface area (Å²) in [5.74, 6) is -1.58. The summed E-state index contributed by atoms with van der Waals surface area (Å²) >= 11 is 0. The van der Waals surface area contributed by atoms with Gasteiger partial charge in [-0.25, -0.2) is 4.57 Å². The van der Waals surface area contributed by atoms with E-state index in [0.29, 0.717) is 19.3 Å². The van der Waals surface area contributed by atoms with Gasteiger partial charge in [-0.05, 0) is 103 Å². The first-order chi connectivity index (χ1) is 34.2. The van der Waals surface area contributed by atoms with Gasteiger partial charge in [-0.1, -0.05) is 189 Å². The van der Waals surface area contributed by atoms with E-state index in [1.54, 1.807) is 0 Å². The zero-order valence-corrected chi connectivity index (χ0v) is 45.1. The molecule has 0 spiro atoms. The zero-order valence-electron chi connectivity index (χ0n) is 44.2. The number of hydrogen-bond donors (Lipinski definition) is 2. The second-order valence-corrected chi connectivity index (χ2v) is 19.5. The number of aliphatic hydroxyl groups is 1. The number of carbonyl (C=O) groups is 3. The van der Waals surface area contributed by atoms with Crippen molar-refractivity contribution in [2.75, 3.05) is 26.4 Å². The molecule has 0 bridgehead atoms. The molecule has 0 aromatic carbocycles. The van der Waals surface area contributed by atoms with Crippen molar-refractivity contribution >= 4 is 25.7 Å². The highest BCUT2D eigenvalue weighted by Crippen LogP contribution is 2.43. The lowest BCUT2D eigenvalue weighted by atomic mass is 10.1. The number of esters is 3. The lowest BCUT2D eigenvalue weighted by Gasteiger charge is -2.21. The van der Waals surface area contributed by atoms with Crippen LogP contribution in [0.1, 0.15) is 226 Å². The molecule has 0 aliphatic carbocycles. The van der Waals surface area contributed by atoms with Gasteiger partial charge in [-0.2, -0.15) is 0 Å². The van der Waals surface area contributed by atoms with Crippen LogP contribution in [-0.2, 0) is 42.2 Å². The van der Waals surface area contributed by atoms with Gasteiger partial charge in [0, 0.05) is 19.3 Å². The summed E-state index contributed by atoms with van der Waals surface area (Å²) in [5, 5.41) is 9.79. The molecule has 0 amide bonds. The number of phosphoric acid groups is 1. The summed E-state index contributed by atoms with van der Waals surface area (Å²) in [5.41, 5.74) is 0. The van der Waals surface area contributed by atoms with E-state index in [1.165, 1.54) is 64.2 Å². The van der Waals surface area contributed by atoms with Gasteiger partial charge in [0.1, 0.15) is 12.7 Å². The maximum atomic E-state index is 12.9. The Bertz CT molecular complexity index is 1500. The summed E-state index contributed by atoms with van der Waals surface area (Å²) in [7, 11) is -4.76. The average molecular weight is 1000 g/mol. The number of allylic oxidation sites excluding steroid dienone is 14. The molecule has 0 heterocycles. The summed E-state index contributed by atoms with van der Waals surface area (Å²) in [6, 6.07) is 0. The van der Waals surface area contributed by atoms with Crippen molar-refractivity contribution in [2.45, 2.75) is 238 Å². The fourth-order valence-corrected chi connectivity index (χ4v) is 7.88. The molecule has 0 saturated carbocycles. The average Bonchev–Trinajstić information content (AvgIpc) is 3.35. The van der Waals surface area contributed by atoms with Crippen molar-refractivity contribution < 1.29 is 52.2 Å². The van der Waals surface area contributed by atoms with Gasteiger partial charge < -0.3 is 24.2 Å². The minimum atomic E-state index is -4.76. The second-order valence-electron chi connectivity index (χ2n) is 18.0. The van der Waals surface area contributed by atoms with E-state index >= 15 is 0 Å². The van der Waals surface area contributed by atoms with E-state index in [4.69, 9.17) is 23.3 Å². The first-order valence-electron chi connectivity index (χ1n) is 27.5. The molecule has 70 heavy (non-hydrogen) atoms. The number of phosphoric ester groups is 1. The number of ether oxygens (including phenoxy) is 3. The molecular formula is C58H99O11P. The first-order valence-corrected chi connectivity index (χ1v) is 29.0. The summed E-state index contributed by atoms with van der Waals surface area (Å²) in [4.78, 5) is 48.4. The quantitative estimate of drug-likeness (QED) is 0.0197. The first kappa shape index (κ1) is 66.7. The maximum absolute atomic E-state index is 12.9. The van der Waals surface area contributed by atoms with Gasteiger partial charge in [0.25, 0.3) is 0 Å². The Morgan fingerprint density at radius 3 is 1.24 bits per heavy atom. The number of carbonyl (C=O) groups excluding carboxylic acids is 3. The predicted octanol–water partition coefficient (Wildman–Crippen LogP) is 15.9. The number of unbranched alkanes of at least 4 members (excludes halogenated alkanes) is 19. The molecule has 0 fully saturated rings.